The molecule has 0 aromatic carbocycles. The maximum atomic E-state index is 12.6. The number of nitrogens with zero attached hydrogens (tertiary/aromatic N) is 4. The fourth-order valence-corrected chi connectivity index (χ4v) is 2.26. The minimum absolute atomic E-state index is 0.0343. The Labute approximate surface area is 141 Å². The first-order valence-electron chi connectivity index (χ1n) is 7.24. The zero-order valence-corrected chi connectivity index (χ0v) is 13.9. The lowest BCUT2D eigenvalue weighted by Gasteiger charge is -2.07. The summed E-state index contributed by atoms with van der Waals surface area (Å²) in [6.45, 7) is 3.94. The van der Waals surface area contributed by atoms with Crippen molar-refractivity contribution in [2.24, 2.45) is 0 Å². The average Bonchev–Trinajstić information content (AvgIpc) is 2.98. The minimum Gasteiger partial charge on any atom is -0.354 e. The second-order valence-corrected chi connectivity index (χ2v) is 5.76. The number of hydrogen-bond acceptors (Lipinski definition) is 3. The third-order valence-electron chi connectivity index (χ3n) is 3.33. The number of aryl methyl sites for hydroxylation is 3. The molecule has 2 aromatic heterocycles. The second kappa shape index (κ2) is 7.25. The molecule has 0 aliphatic rings. The molecule has 132 valence electrons. The minimum atomic E-state index is -4.45. The Morgan fingerprint density at radius 3 is 2.58 bits per heavy atom. The smallest absolute Gasteiger partial charge is 0.354 e. The van der Waals surface area contributed by atoms with Crippen LogP contribution in [0.1, 0.15) is 23.5 Å². The molecule has 2 aromatic rings. The van der Waals surface area contributed by atoms with E-state index >= 15 is 0 Å². The van der Waals surface area contributed by atoms with E-state index in [9.17, 15) is 18.0 Å². The van der Waals surface area contributed by atoms with Gasteiger partial charge in [-0.25, -0.2) is 0 Å². The Hall–Kier alpha value is -2.03. The zero-order chi connectivity index (χ0) is 17.9. The highest BCUT2D eigenvalue weighted by Gasteiger charge is 2.34. The van der Waals surface area contributed by atoms with E-state index in [0.717, 1.165) is 6.07 Å². The summed E-state index contributed by atoms with van der Waals surface area (Å²) in [6, 6.07) is 1.00. The summed E-state index contributed by atoms with van der Waals surface area (Å²) in [7, 11) is 0. The lowest BCUT2D eigenvalue weighted by molar-refractivity contribution is -0.141. The largest absolute Gasteiger partial charge is 0.435 e. The lowest BCUT2D eigenvalue weighted by atomic mass is 10.3. The van der Waals surface area contributed by atoms with Crippen LogP contribution >= 0.6 is 11.6 Å². The van der Waals surface area contributed by atoms with Gasteiger partial charge in [0.1, 0.15) is 6.54 Å². The molecule has 0 atom stereocenters. The van der Waals surface area contributed by atoms with E-state index < -0.39 is 11.9 Å². The molecule has 1 N–H and O–H groups in total. The van der Waals surface area contributed by atoms with Gasteiger partial charge in [0, 0.05) is 25.0 Å². The summed E-state index contributed by atoms with van der Waals surface area (Å²) >= 11 is 5.85. The number of hydrogen-bond donors (Lipinski definition) is 1. The molecule has 0 aliphatic heterocycles. The third-order valence-corrected chi connectivity index (χ3v) is 3.70. The molecule has 10 heteroatoms. The van der Waals surface area contributed by atoms with Crippen LogP contribution in [-0.2, 0) is 24.1 Å². The molecule has 6 nitrogen and oxygen atoms in total. The van der Waals surface area contributed by atoms with Gasteiger partial charge in [-0.3, -0.25) is 14.2 Å². The Kier molecular flexibility index (Phi) is 5.53. The predicted octanol–water partition coefficient (Wildman–Crippen LogP) is 2.58. The number of nitrogens with one attached hydrogen (secondary N) is 1. The van der Waals surface area contributed by atoms with Crippen LogP contribution < -0.4 is 5.32 Å². The van der Waals surface area contributed by atoms with Gasteiger partial charge in [-0.2, -0.15) is 23.4 Å². The Balaban J connectivity index is 1.76. The van der Waals surface area contributed by atoms with E-state index in [1.165, 1.54) is 9.36 Å². The second-order valence-electron chi connectivity index (χ2n) is 5.36. The number of alkyl halides is 3. The topological polar surface area (TPSA) is 64.7 Å². The fraction of sp³-hybridized carbons (Fsp3) is 0.500. The highest BCUT2D eigenvalue weighted by Crippen LogP contribution is 2.28. The number of carbonyl (C=O) groups is 1. The molecule has 0 radical (unpaired) electrons. The molecule has 0 saturated carbocycles. The molecular formula is C14H17ClF3N5O. The van der Waals surface area contributed by atoms with Crippen LogP contribution in [-0.4, -0.2) is 32.0 Å². The van der Waals surface area contributed by atoms with Gasteiger partial charge >= 0.3 is 6.18 Å². The van der Waals surface area contributed by atoms with Crippen LogP contribution in [0.5, 0.6) is 0 Å². The molecule has 2 heterocycles. The monoisotopic (exact) mass is 363 g/mol. The lowest BCUT2D eigenvalue weighted by Crippen LogP contribution is -2.29. The standard InChI is InChI=1S/C14H17ClF3N5O/c1-9-6-12(14(16,17)18)21-23(9)5-3-4-19-13(24)8-22-7-11(15)10(2)20-22/h6-7H,3-5,8H2,1-2H3,(H,19,24). The summed E-state index contributed by atoms with van der Waals surface area (Å²) in [5.74, 6) is -0.248. The van der Waals surface area contributed by atoms with Gasteiger partial charge in [0.15, 0.2) is 5.69 Å². The van der Waals surface area contributed by atoms with E-state index in [4.69, 9.17) is 11.6 Å². The van der Waals surface area contributed by atoms with Crippen molar-refractivity contribution in [2.45, 2.75) is 39.5 Å². The van der Waals surface area contributed by atoms with Crippen LogP contribution in [0.15, 0.2) is 12.3 Å². The molecule has 1 amide bonds. The fourth-order valence-electron chi connectivity index (χ4n) is 2.11. The van der Waals surface area contributed by atoms with Gasteiger partial charge < -0.3 is 5.32 Å². The van der Waals surface area contributed by atoms with Crippen molar-refractivity contribution in [3.05, 3.63) is 34.4 Å². The van der Waals surface area contributed by atoms with Crippen molar-refractivity contribution < 1.29 is 18.0 Å². The first-order chi connectivity index (χ1) is 11.2. The summed E-state index contributed by atoms with van der Waals surface area (Å²) in [6.07, 6.45) is -2.43. The maximum Gasteiger partial charge on any atom is 0.435 e. The Morgan fingerprint density at radius 1 is 1.33 bits per heavy atom. The first-order valence-corrected chi connectivity index (χ1v) is 7.62. The number of amides is 1. The van der Waals surface area contributed by atoms with Gasteiger partial charge in [0.2, 0.25) is 5.91 Å². The Bertz CT molecular complexity index is 703. The van der Waals surface area contributed by atoms with E-state index in [2.05, 4.69) is 15.5 Å². The average molecular weight is 364 g/mol. The van der Waals surface area contributed by atoms with E-state index in [1.54, 1.807) is 20.0 Å². The maximum absolute atomic E-state index is 12.6. The van der Waals surface area contributed by atoms with Crippen molar-refractivity contribution in [3.8, 4) is 0 Å². The van der Waals surface area contributed by atoms with Gasteiger partial charge in [-0.1, -0.05) is 11.6 Å². The Morgan fingerprint density at radius 2 is 2.04 bits per heavy atom. The molecule has 0 fully saturated rings. The SMILES string of the molecule is Cc1nn(CC(=O)NCCCn2nc(C(F)(F)F)cc2C)cc1Cl. The molecule has 0 unspecified atom stereocenters. The zero-order valence-electron chi connectivity index (χ0n) is 13.2. The number of rotatable bonds is 6. The van der Waals surface area contributed by atoms with Crippen LogP contribution in [0.2, 0.25) is 5.02 Å². The van der Waals surface area contributed by atoms with Gasteiger partial charge in [-0.15, -0.1) is 0 Å². The summed E-state index contributed by atoms with van der Waals surface area (Å²) < 4.78 is 40.4. The van der Waals surface area contributed by atoms with Gasteiger partial charge in [-0.05, 0) is 26.3 Å². The summed E-state index contributed by atoms with van der Waals surface area (Å²) in [5, 5.41) is 10.8. The van der Waals surface area contributed by atoms with Crippen molar-refractivity contribution >= 4 is 17.5 Å². The summed E-state index contributed by atoms with van der Waals surface area (Å²) in [4.78, 5) is 11.8. The summed E-state index contributed by atoms with van der Waals surface area (Å²) in [5.41, 5.74) is 0.157. The van der Waals surface area contributed by atoms with Gasteiger partial charge in [0.05, 0.1) is 10.7 Å². The van der Waals surface area contributed by atoms with Crippen LogP contribution in [0.25, 0.3) is 0 Å². The highest BCUT2D eigenvalue weighted by molar-refractivity contribution is 6.31. The van der Waals surface area contributed by atoms with Crippen molar-refractivity contribution in [1.82, 2.24) is 24.9 Å². The first kappa shape index (κ1) is 18.3. The van der Waals surface area contributed by atoms with Crippen LogP contribution in [0.4, 0.5) is 13.2 Å². The number of carbonyl (C=O) groups excluding carboxylic acids is 1. The van der Waals surface area contributed by atoms with E-state index in [-0.39, 0.29) is 19.0 Å². The quantitative estimate of drug-likeness (QED) is 0.802. The molecular weight excluding hydrogens is 347 g/mol. The number of aromatic nitrogens is 4. The highest BCUT2D eigenvalue weighted by atomic mass is 35.5. The van der Waals surface area contributed by atoms with E-state index in [1.807, 2.05) is 0 Å². The van der Waals surface area contributed by atoms with Crippen molar-refractivity contribution in [1.29, 1.82) is 0 Å². The molecule has 0 spiro atoms. The molecule has 0 saturated heterocycles. The third kappa shape index (κ3) is 4.73. The normalized spacial score (nSPS) is 11.8. The molecule has 24 heavy (non-hydrogen) atoms. The number of halogens is 4. The van der Waals surface area contributed by atoms with Crippen molar-refractivity contribution in [3.63, 3.8) is 0 Å². The van der Waals surface area contributed by atoms with Crippen molar-refractivity contribution in [2.75, 3.05) is 6.54 Å². The molecule has 0 bridgehead atoms. The molecule has 2 rings (SSSR count). The molecule has 0 aliphatic carbocycles. The van der Waals surface area contributed by atoms with Gasteiger partial charge in [0.25, 0.3) is 0 Å². The predicted molar refractivity (Wildman–Crippen MR) is 81.6 cm³/mol. The van der Waals surface area contributed by atoms with Crippen LogP contribution in [0, 0.1) is 13.8 Å². The van der Waals surface area contributed by atoms with E-state index in [0.29, 0.717) is 29.4 Å². The van der Waals surface area contributed by atoms with Crippen LogP contribution in [0.3, 0.4) is 0 Å².